The van der Waals surface area contributed by atoms with Gasteiger partial charge in [-0.15, -0.1) is 0 Å². The molecule has 0 amide bonds. The lowest BCUT2D eigenvalue weighted by Crippen LogP contribution is -2.05. The third kappa shape index (κ3) is 39.7. The lowest BCUT2D eigenvalue weighted by atomic mass is 10.0. The molecule has 0 heterocycles. The van der Waals surface area contributed by atoms with E-state index in [1.807, 2.05) is 0 Å². The molecule has 0 aromatic heterocycles. The van der Waals surface area contributed by atoms with Crippen LogP contribution in [0, 0.1) is 0 Å². The molecular formula is C42H84O. The van der Waals surface area contributed by atoms with Crippen molar-refractivity contribution in [1.29, 1.82) is 0 Å². The van der Waals surface area contributed by atoms with Gasteiger partial charge in [0.25, 0.3) is 0 Å². The molecule has 0 spiro atoms. The van der Waals surface area contributed by atoms with Gasteiger partial charge in [-0.1, -0.05) is 225 Å². The van der Waals surface area contributed by atoms with Gasteiger partial charge in [-0.25, -0.2) is 0 Å². The van der Waals surface area contributed by atoms with Gasteiger partial charge in [0.1, 0.15) is 0 Å². The van der Waals surface area contributed by atoms with Crippen LogP contribution in [-0.2, 0) is 0 Å². The molecule has 0 aliphatic rings. The summed E-state index contributed by atoms with van der Waals surface area (Å²) >= 11 is 0. The monoisotopic (exact) mass is 605 g/mol. The molecule has 0 unspecified atom stereocenters. The van der Waals surface area contributed by atoms with Gasteiger partial charge in [0.2, 0.25) is 0 Å². The molecule has 1 heteroatoms. The van der Waals surface area contributed by atoms with Crippen molar-refractivity contribution in [2.75, 3.05) is 0 Å². The van der Waals surface area contributed by atoms with Gasteiger partial charge in [0, 0.05) is 0 Å². The van der Waals surface area contributed by atoms with Crippen LogP contribution in [0.1, 0.15) is 251 Å². The maximum atomic E-state index is 10.1. The predicted octanol–water partition coefficient (Wildman–Crippen LogP) is 15.4. The molecule has 0 aliphatic heterocycles. The minimum Gasteiger partial charge on any atom is -0.393 e. The van der Waals surface area contributed by atoms with E-state index in [9.17, 15) is 5.11 Å². The Bertz CT molecular complexity index is 497. The Morgan fingerprint density at radius 3 is 0.791 bits per heavy atom. The van der Waals surface area contributed by atoms with E-state index in [0.29, 0.717) is 0 Å². The Balaban J connectivity index is 3.14. The van der Waals surface area contributed by atoms with Crippen LogP contribution in [0.2, 0.25) is 0 Å². The van der Waals surface area contributed by atoms with Gasteiger partial charge in [0.05, 0.1) is 6.10 Å². The van der Waals surface area contributed by atoms with Crippen LogP contribution in [0.3, 0.4) is 0 Å². The second kappa shape index (κ2) is 39.7. The zero-order valence-corrected chi connectivity index (χ0v) is 30.3. The van der Waals surface area contributed by atoms with Crippen LogP contribution in [0.15, 0.2) is 12.2 Å². The summed E-state index contributed by atoms with van der Waals surface area (Å²) in [6, 6.07) is 0. The van der Waals surface area contributed by atoms with Gasteiger partial charge in [-0.3, -0.25) is 0 Å². The molecule has 0 rings (SSSR count). The first-order valence-corrected chi connectivity index (χ1v) is 20.6. The van der Waals surface area contributed by atoms with E-state index in [0.717, 1.165) is 12.8 Å². The van der Waals surface area contributed by atoms with Crippen LogP contribution in [-0.4, -0.2) is 11.2 Å². The quantitative estimate of drug-likeness (QED) is 0.0549. The Kier molecular flexibility index (Phi) is 39.4. The minimum atomic E-state index is -0.0506. The smallest absolute Gasteiger partial charge is 0.0540 e. The molecule has 0 aliphatic carbocycles. The first-order chi connectivity index (χ1) is 21.3. The Hall–Kier alpha value is -0.300. The maximum Gasteiger partial charge on any atom is 0.0540 e. The Labute approximate surface area is 274 Å². The second-order valence-electron chi connectivity index (χ2n) is 14.2. The summed E-state index contributed by atoms with van der Waals surface area (Å²) in [5.41, 5.74) is 0. The van der Waals surface area contributed by atoms with Crippen molar-refractivity contribution in [3.63, 3.8) is 0 Å². The van der Waals surface area contributed by atoms with E-state index in [-0.39, 0.29) is 6.10 Å². The van der Waals surface area contributed by atoms with Crippen molar-refractivity contribution in [3.8, 4) is 0 Å². The fraction of sp³-hybridized carbons (Fsp3) is 0.952. The standard InChI is InChI=1S/C42H84O/c1-3-5-7-9-11-12-13-14-15-16-17-18-19-20-21-22-23-24-25-26-27-28-29-30-31-32-33-34-35-37-39-41-42(43)40-38-36-10-8-6-4-2/h32-33,42-43H,3-31,34-41H2,1-2H3/b33-32-/t42-/m1/s1. The van der Waals surface area contributed by atoms with E-state index < -0.39 is 0 Å². The molecule has 0 bridgehead atoms. The van der Waals surface area contributed by atoms with Crippen LogP contribution in [0.5, 0.6) is 0 Å². The number of aliphatic hydroxyl groups is 1. The molecule has 0 radical (unpaired) electrons. The van der Waals surface area contributed by atoms with Gasteiger partial charge in [-0.05, 0) is 38.5 Å². The maximum absolute atomic E-state index is 10.1. The normalized spacial score (nSPS) is 12.5. The molecule has 1 N–H and O–H groups in total. The first kappa shape index (κ1) is 42.7. The van der Waals surface area contributed by atoms with Crippen molar-refractivity contribution >= 4 is 0 Å². The highest BCUT2D eigenvalue weighted by Gasteiger charge is 2.03. The van der Waals surface area contributed by atoms with Crippen molar-refractivity contribution < 1.29 is 5.11 Å². The molecule has 0 aromatic rings. The summed E-state index contributed by atoms with van der Waals surface area (Å²) in [6.07, 6.45) is 56.1. The zero-order chi connectivity index (χ0) is 31.2. The van der Waals surface area contributed by atoms with E-state index in [1.165, 1.54) is 225 Å². The average Bonchev–Trinajstić information content (AvgIpc) is 3.01. The van der Waals surface area contributed by atoms with Gasteiger partial charge in [0.15, 0.2) is 0 Å². The molecule has 0 saturated carbocycles. The van der Waals surface area contributed by atoms with E-state index in [4.69, 9.17) is 0 Å². The number of unbranched alkanes of at least 4 members (excludes halogenated alkanes) is 32. The molecule has 0 fully saturated rings. The molecular weight excluding hydrogens is 520 g/mol. The van der Waals surface area contributed by atoms with Gasteiger partial charge < -0.3 is 5.11 Å². The van der Waals surface area contributed by atoms with Crippen molar-refractivity contribution in [1.82, 2.24) is 0 Å². The summed E-state index contributed by atoms with van der Waals surface area (Å²) in [7, 11) is 0. The lowest BCUT2D eigenvalue weighted by Gasteiger charge is -2.10. The topological polar surface area (TPSA) is 20.2 Å². The van der Waals surface area contributed by atoms with E-state index in [1.54, 1.807) is 0 Å². The number of rotatable bonds is 38. The molecule has 1 nitrogen and oxygen atoms in total. The number of hydrogen-bond acceptors (Lipinski definition) is 1. The zero-order valence-electron chi connectivity index (χ0n) is 30.3. The molecule has 0 saturated heterocycles. The summed E-state index contributed by atoms with van der Waals surface area (Å²) in [6.45, 7) is 4.57. The highest BCUT2D eigenvalue weighted by Crippen LogP contribution is 2.17. The molecule has 0 aromatic carbocycles. The first-order valence-electron chi connectivity index (χ1n) is 20.6. The predicted molar refractivity (Wildman–Crippen MR) is 197 cm³/mol. The largest absolute Gasteiger partial charge is 0.393 e. The molecule has 1 atom stereocenters. The van der Waals surface area contributed by atoms with E-state index in [2.05, 4.69) is 26.0 Å². The summed E-state index contributed by atoms with van der Waals surface area (Å²) in [5, 5.41) is 10.1. The lowest BCUT2D eigenvalue weighted by molar-refractivity contribution is 0.147. The summed E-state index contributed by atoms with van der Waals surface area (Å²) in [4.78, 5) is 0. The second-order valence-corrected chi connectivity index (χ2v) is 14.2. The van der Waals surface area contributed by atoms with Crippen LogP contribution in [0.4, 0.5) is 0 Å². The summed E-state index contributed by atoms with van der Waals surface area (Å²) in [5.74, 6) is 0. The van der Waals surface area contributed by atoms with Crippen molar-refractivity contribution in [3.05, 3.63) is 12.2 Å². The van der Waals surface area contributed by atoms with Crippen LogP contribution in [0.25, 0.3) is 0 Å². The molecule has 43 heavy (non-hydrogen) atoms. The highest BCUT2D eigenvalue weighted by molar-refractivity contribution is 4.81. The Morgan fingerprint density at radius 2 is 0.512 bits per heavy atom. The SMILES string of the molecule is CCCCCCCCCCCCCCCCCCCCCCCCCC/C=C\CCCCC[C@H](O)CCCCCCCC. The minimum absolute atomic E-state index is 0.0506. The highest BCUT2D eigenvalue weighted by atomic mass is 16.3. The fourth-order valence-electron chi connectivity index (χ4n) is 6.58. The molecule has 258 valence electrons. The third-order valence-electron chi connectivity index (χ3n) is 9.69. The number of allylic oxidation sites excluding steroid dienone is 2. The number of aliphatic hydroxyl groups excluding tert-OH is 1. The van der Waals surface area contributed by atoms with Crippen molar-refractivity contribution in [2.45, 2.75) is 258 Å². The third-order valence-corrected chi connectivity index (χ3v) is 9.69. The van der Waals surface area contributed by atoms with Gasteiger partial charge in [-0.2, -0.15) is 0 Å². The van der Waals surface area contributed by atoms with Crippen LogP contribution >= 0.6 is 0 Å². The van der Waals surface area contributed by atoms with Gasteiger partial charge >= 0.3 is 0 Å². The summed E-state index contributed by atoms with van der Waals surface area (Å²) < 4.78 is 0. The fourth-order valence-corrected chi connectivity index (χ4v) is 6.58. The Morgan fingerprint density at radius 1 is 0.302 bits per heavy atom. The number of hydrogen-bond donors (Lipinski definition) is 1. The van der Waals surface area contributed by atoms with Crippen molar-refractivity contribution in [2.24, 2.45) is 0 Å². The van der Waals surface area contributed by atoms with Crippen LogP contribution < -0.4 is 0 Å². The van der Waals surface area contributed by atoms with E-state index >= 15 is 0 Å². The average molecular weight is 605 g/mol.